The van der Waals surface area contributed by atoms with Crippen molar-refractivity contribution in [3.05, 3.63) is 72.2 Å². The van der Waals surface area contributed by atoms with Gasteiger partial charge in [-0.3, -0.25) is 5.73 Å². The molecule has 3 heterocycles. The number of fused-ring (bicyclic) bond motifs is 1. The van der Waals surface area contributed by atoms with Crippen molar-refractivity contribution >= 4 is 10.9 Å². The number of aromatic nitrogens is 4. The Morgan fingerprint density at radius 3 is 2.75 bits per heavy atom. The van der Waals surface area contributed by atoms with E-state index in [0.717, 1.165) is 16.5 Å². The van der Waals surface area contributed by atoms with Crippen molar-refractivity contribution in [3.8, 4) is 23.1 Å². The lowest BCUT2D eigenvalue weighted by Crippen LogP contribution is -2.50. The van der Waals surface area contributed by atoms with Crippen LogP contribution >= 0.6 is 0 Å². The van der Waals surface area contributed by atoms with E-state index in [2.05, 4.69) is 21.1 Å². The summed E-state index contributed by atoms with van der Waals surface area (Å²) in [7, 11) is 0. The van der Waals surface area contributed by atoms with E-state index >= 15 is 0 Å². The van der Waals surface area contributed by atoms with E-state index in [9.17, 15) is 9.50 Å². The minimum absolute atomic E-state index is 0.0644. The Balaban J connectivity index is 1.52. The van der Waals surface area contributed by atoms with Crippen molar-refractivity contribution < 1.29 is 9.50 Å². The average molecular weight is 428 g/mol. The Morgan fingerprint density at radius 1 is 1.16 bits per heavy atom. The first-order valence-electron chi connectivity index (χ1n) is 10.4. The van der Waals surface area contributed by atoms with Gasteiger partial charge in [0.15, 0.2) is 11.5 Å². The summed E-state index contributed by atoms with van der Waals surface area (Å²) < 4.78 is 14.7. The summed E-state index contributed by atoms with van der Waals surface area (Å²) in [4.78, 5) is 8.95. The fraction of sp³-hybridized carbons (Fsp3) is 0.250. The number of alkyl halides is 1. The second-order valence-electron chi connectivity index (χ2n) is 8.18. The molecule has 0 radical (unpaired) electrons. The molecule has 1 atom stereocenters. The van der Waals surface area contributed by atoms with E-state index < -0.39 is 12.4 Å². The van der Waals surface area contributed by atoms with Gasteiger partial charge < -0.3 is 5.11 Å². The van der Waals surface area contributed by atoms with E-state index in [0.29, 0.717) is 35.7 Å². The number of pyridine rings is 2. The van der Waals surface area contributed by atoms with Crippen molar-refractivity contribution in [2.45, 2.75) is 25.2 Å². The predicted molar refractivity (Wildman–Crippen MR) is 117 cm³/mol. The van der Waals surface area contributed by atoms with Gasteiger partial charge in [-0.1, -0.05) is 24.3 Å². The second-order valence-corrected chi connectivity index (χ2v) is 8.18. The lowest BCUT2D eigenvalue weighted by atomic mass is 9.69. The summed E-state index contributed by atoms with van der Waals surface area (Å²) in [5, 5.41) is 25.3. The Morgan fingerprint density at radius 2 is 1.97 bits per heavy atom. The molecule has 5 rings (SSSR count). The van der Waals surface area contributed by atoms with Gasteiger partial charge in [0.2, 0.25) is 0 Å². The molecular weight excluding hydrogens is 407 g/mol. The Hall–Kier alpha value is -3.67. The van der Waals surface area contributed by atoms with Gasteiger partial charge >= 0.3 is 0 Å². The summed E-state index contributed by atoms with van der Waals surface area (Å²) in [5.41, 5.74) is 7.65. The summed E-state index contributed by atoms with van der Waals surface area (Å²) in [6.45, 7) is -0.646. The third-order valence-electron chi connectivity index (χ3n) is 6.12. The molecule has 0 amide bonds. The highest BCUT2D eigenvalue weighted by molar-refractivity contribution is 5.84. The van der Waals surface area contributed by atoms with Crippen LogP contribution in [0.1, 0.15) is 24.2 Å². The van der Waals surface area contributed by atoms with Crippen molar-refractivity contribution in [3.63, 3.8) is 0 Å². The normalized spacial score (nSPS) is 19.8. The number of nitrogens with zero attached hydrogens (tertiary/aromatic N) is 5. The van der Waals surface area contributed by atoms with E-state index in [4.69, 9.17) is 11.0 Å². The third-order valence-corrected chi connectivity index (χ3v) is 6.12. The van der Waals surface area contributed by atoms with Crippen LogP contribution in [0.4, 0.5) is 4.39 Å². The summed E-state index contributed by atoms with van der Waals surface area (Å²) in [5.74, 6) is 0.264. The summed E-state index contributed by atoms with van der Waals surface area (Å²) in [6, 6.07) is 18.5. The molecule has 3 N–H and O–H groups in total. The van der Waals surface area contributed by atoms with Gasteiger partial charge in [-0.05, 0) is 43.2 Å². The van der Waals surface area contributed by atoms with E-state index in [-0.39, 0.29) is 11.8 Å². The molecule has 32 heavy (non-hydrogen) atoms. The fourth-order valence-electron chi connectivity index (χ4n) is 4.13. The summed E-state index contributed by atoms with van der Waals surface area (Å²) >= 11 is 0. The predicted octanol–water partition coefficient (Wildman–Crippen LogP) is 3.61. The topological polar surface area (TPSA) is 114 Å². The third kappa shape index (κ3) is 3.42. The van der Waals surface area contributed by atoms with Crippen LogP contribution in [-0.2, 0) is 12.4 Å². The quantitative estimate of drug-likeness (QED) is 0.470. The van der Waals surface area contributed by atoms with E-state index in [1.165, 1.54) is 0 Å². The maximum Gasteiger partial charge on any atom is 0.159 e. The van der Waals surface area contributed by atoms with Gasteiger partial charge in [-0.2, -0.15) is 10.4 Å². The minimum atomic E-state index is -1.59. The highest BCUT2D eigenvalue weighted by Crippen LogP contribution is 2.42. The lowest BCUT2D eigenvalue weighted by molar-refractivity contribution is -0.0666. The first kappa shape index (κ1) is 20.2. The molecule has 1 aliphatic rings. The molecule has 1 aliphatic carbocycles. The number of nitriles is 1. The first-order chi connectivity index (χ1) is 15.5. The van der Waals surface area contributed by atoms with Crippen molar-refractivity contribution in [1.29, 1.82) is 5.26 Å². The molecule has 4 aromatic rings. The second kappa shape index (κ2) is 7.79. The fourth-order valence-corrected chi connectivity index (χ4v) is 4.13. The monoisotopic (exact) mass is 428 g/mol. The van der Waals surface area contributed by atoms with Crippen LogP contribution in [-0.4, -0.2) is 24.9 Å². The minimum Gasteiger partial charge on any atom is -0.370 e. The number of halogens is 1. The molecule has 0 unspecified atom stereocenters. The zero-order valence-electron chi connectivity index (χ0n) is 17.2. The lowest BCUT2D eigenvalue weighted by Gasteiger charge is -2.40. The Labute approximate surface area is 184 Å². The molecule has 8 heteroatoms. The smallest absolute Gasteiger partial charge is 0.159 e. The number of hydrogen-bond acceptors (Lipinski definition) is 6. The van der Waals surface area contributed by atoms with Crippen molar-refractivity contribution in [1.82, 2.24) is 19.7 Å². The largest absolute Gasteiger partial charge is 0.370 e. The maximum absolute atomic E-state index is 13.1. The molecule has 1 aromatic carbocycles. The highest BCUT2D eigenvalue weighted by Gasteiger charge is 2.44. The molecule has 1 saturated carbocycles. The van der Waals surface area contributed by atoms with Gasteiger partial charge in [0.25, 0.3) is 0 Å². The number of nitrogens with two attached hydrogens (primary N) is 1. The van der Waals surface area contributed by atoms with Crippen LogP contribution < -0.4 is 5.73 Å². The molecule has 160 valence electrons. The van der Waals surface area contributed by atoms with Gasteiger partial charge in [-0.25, -0.2) is 19.0 Å². The van der Waals surface area contributed by atoms with Crippen LogP contribution in [0.3, 0.4) is 0 Å². The van der Waals surface area contributed by atoms with Crippen LogP contribution in [0.15, 0.2) is 60.8 Å². The van der Waals surface area contributed by atoms with Crippen LogP contribution in [0.5, 0.6) is 0 Å². The van der Waals surface area contributed by atoms with Gasteiger partial charge in [0.05, 0.1) is 34.9 Å². The first-order valence-corrected chi connectivity index (χ1v) is 10.4. The number of benzene rings is 1. The zero-order valence-corrected chi connectivity index (χ0v) is 17.2. The Bertz CT molecular complexity index is 1340. The van der Waals surface area contributed by atoms with Crippen molar-refractivity contribution in [2.75, 3.05) is 0 Å². The van der Waals surface area contributed by atoms with Gasteiger partial charge in [0.1, 0.15) is 6.67 Å². The molecular formula is C24H21FN6O. The van der Waals surface area contributed by atoms with E-state index in [1.807, 2.05) is 30.3 Å². The number of hydrogen-bond donors (Lipinski definition) is 2. The van der Waals surface area contributed by atoms with Crippen LogP contribution in [0.25, 0.3) is 28.0 Å². The van der Waals surface area contributed by atoms with E-state index in [1.54, 1.807) is 35.1 Å². The molecule has 0 bridgehead atoms. The highest BCUT2D eigenvalue weighted by atomic mass is 19.1. The van der Waals surface area contributed by atoms with Gasteiger partial charge in [-0.15, -0.1) is 0 Å². The molecule has 7 nitrogen and oxygen atoms in total. The molecule has 1 fully saturated rings. The molecule has 0 aliphatic heterocycles. The zero-order chi connectivity index (χ0) is 22.3. The maximum atomic E-state index is 13.1. The van der Waals surface area contributed by atoms with Crippen LogP contribution in [0, 0.1) is 23.2 Å². The number of rotatable bonds is 5. The Kier molecular flexibility index (Phi) is 4.93. The van der Waals surface area contributed by atoms with Crippen LogP contribution in [0.2, 0.25) is 0 Å². The standard InChI is InChI=1S/C24H21FN6O/c25-12-19-3-1-6-23(29-19)31-21-11-16(7-8-17(21)14-28-31)20-4-2-5-22(30-20)24(27,32)18-9-15(10-18)13-26/h1-8,11,14-15,18,32H,9-10,12,27H2/t15?,18?,24-/m0/s1. The molecule has 3 aromatic heterocycles. The van der Waals surface area contributed by atoms with Gasteiger partial charge in [0, 0.05) is 22.8 Å². The van der Waals surface area contributed by atoms with Crippen molar-refractivity contribution in [2.24, 2.45) is 17.6 Å². The average Bonchev–Trinajstić information content (AvgIpc) is 3.21. The molecule has 0 spiro atoms. The molecule has 0 saturated heterocycles. The summed E-state index contributed by atoms with van der Waals surface area (Å²) in [6.07, 6.45) is 2.85. The number of aliphatic hydroxyl groups is 1. The SMILES string of the molecule is N#CC1CC([C@](N)(O)c2cccc(-c3ccc4cnn(-c5cccc(CF)n5)c4c3)n2)C1.